The van der Waals surface area contributed by atoms with Crippen LogP contribution in [0.2, 0.25) is 0 Å². The van der Waals surface area contributed by atoms with Crippen LogP contribution in [0, 0.1) is 11.6 Å². The van der Waals surface area contributed by atoms with Crippen LogP contribution in [-0.2, 0) is 6.42 Å². The first kappa shape index (κ1) is 16.4. The lowest BCUT2D eigenvalue weighted by Gasteiger charge is -2.42. The van der Waals surface area contributed by atoms with Crippen molar-refractivity contribution in [3.8, 4) is 0 Å². The number of benzene rings is 1. The van der Waals surface area contributed by atoms with E-state index in [-0.39, 0.29) is 17.1 Å². The summed E-state index contributed by atoms with van der Waals surface area (Å²) >= 11 is 0. The van der Waals surface area contributed by atoms with Crippen LogP contribution in [0.15, 0.2) is 18.2 Å². The number of halogens is 2. The van der Waals surface area contributed by atoms with Gasteiger partial charge in [-0.1, -0.05) is 13.0 Å². The molecule has 1 unspecified atom stereocenters. The maximum Gasteiger partial charge on any atom is 0.129 e. The summed E-state index contributed by atoms with van der Waals surface area (Å²) in [6.45, 7) is 9.29. The normalized spacial score (nSPS) is 18.1. The number of rotatable bonds is 6. The molecule has 1 aromatic carbocycles. The molecule has 2 nitrogen and oxygen atoms in total. The van der Waals surface area contributed by atoms with Crippen LogP contribution in [0.3, 0.4) is 0 Å². The van der Waals surface area contributed by atoms with E-state index in [0.29, 0.717) is 6.42 Å². The number of hydrogen-bond acceptors (Lipinski definition) is 2. The average Bonchev–Trinajstić information content (AvgIpc) is 2.96. The Hall–Kier alpha value is -1.00. The lowest BCUT2D eigenvalue weighted by atomic mass is 9.87. The van der Waals surface area contributed by atoms with Gasteiger partial charge in [0.15, 0.2) is 0 Å². The van der Waals surface area contributed by atoms with Gasteiger partial charge in [0.1, 0.15) is 11.6 Å². The van der Waals surface area contributed by atoms with Crippen LogP contribution in [-0.4, -0.2) is 36.1 Å². The summed E-state index contributed by atoms with van der Waals surface area (Å²) in [5, 5.41) is 3.43. The monoisotopic (exact) mass is 296 g/mol. The molecule has 0 spiro atoms. The van der Waals surface area contributed by atoms with E-state index in [1.54, 1.807) is 0 Å². The summed E-state index contributed by atoms with van der Waals surface area (Å²) in [5.74, 6) is -0.898. The van der Waals surface area contributed by atoms with E-state index in [1.807, 2.05) is 6.92 Å². The second kappa shape index (κ2) is 6.84. The summed E-state index contributed by atoms with van der Waals surface area (Å²) in [7, 11) is 0. The molecule has 1 fully saturated rings. The molecular formula is C17H26F2N2. The zero-order valence-corrected chi connectivity index (χ0v) is 13.3. The van der Waals surface area contributed by atoms with Crippen molar-refractivity contribution in [1.82, 2.24) is 10.2 Å². The number of likely N-dealkylation sites (N-methyl/N-ethyl adjacent to an activating group) is 1. The van der Waals surface area contributed by atoms with Crippen molar-refractivity contribution in [2.24, 2.45) is 0 Å². The number of nitrogens with one attached hydrogen (secondary N) is 1. The van der Waals surface area contributed by atoms with E-state index in [4.69, 9.17) is 0 Å². The molecule has 1 atom stereocenters. The van der Waals surface area contributed by atoms with E-state index < -0.39 is 11.6 Å². The number of likely N-dealkylation sites (tertiary alicyclic amines) is 1. The molecule has 1 N–H and O–H groups in total. The predicted molar refractivity (Wildman–Crippen MR) is 82.4 cm³/mol. The first-order valence-electron chi connectivity index (χ1n) is 7.88. The summed E-state index contributed by atoms with van der Waals surface area (Å²) in [6.07, 6.45) is 2.78. The van der Waals surface area contributed by atoms with Gasteiger partial charge < -0.3 is 5.32 Å². The SMILES string of the molecule is CCNC(Cc1c(F)cccc1F)C(C)(C)N1CCCC1. The molecule has 1 aliphatic rings. The van der Waals surface area contributed by atoms with Crippen LogP contribution < -0.4 is 5.32 Å². The fraction of sp³-hybridized carbons (Fsp3) is 0.647. The highest BCUT2D eigenvalue weighted by Gasteiger charge is 2.37. The number of nitrogens with zero attached hydrogens (tertiary/aromatic N) is 1. The Bertz CT molecular complexity index is 448. The Kier molecular flexibility index (Phi) is 5.33. The van der Waals surface area contributed by atoms with E-state index in [0.717, 1.165) is 19.6 Å². The van der Waals surface area contributed by atoms with E-state index >= 15 is 0 Å². The Balaban J connectivity index is 2.22. The zero-order chi connectivity index (χ0) is 15.5. The van der Waals surface area contributed by atoms with Gasteiger partial charge in [0, 0.05) is 17.1 Å². The molecule has 21 heavy (non-hydrogen) atoms. The Morgan fingerprint density at radius 2 is 1.76 bits per heavy atom. The third-order valence-electron chi connectivity index (χ3n) is 4.69. The van der Waals surface area contributed by atoms with Crippen LogP contribution in [0.4, 0.5) is 8.78 Å². The fourth-order valence-corrected chi connectivity index (χ4v) is 3.26. The van der Waals surface area contributed by atoms with Gasteiger partial charge in [-0.15, -0.1) is 0 Å². The van der Waals surface area contributed by atoms with Gasteiger partial charge in [0.2, 0.25) is 0 Å². The maximum absolute atomic E-state index is 13.9. The first-order chi connectivity index (χ1) is 9.96. The predicted octanol–water partition coefficient (Wildman–Crippen LogP) is 3.36. The van der Waals surface area contributed by atoms with Gasteiger partial charge >= 0.3 is 0 Å². The maximum atomic E-state index is 13.9. The van der Waals surface area contributed by atoms with Crippen LogP contribution in [0.1, 0.15) is 39.2 Å². The summed E-state index contributed by atoms with van der Waals surface area (Å²) in [6, 6.07) is 4.11. The molecular weight excluding hydrogens is 270 g/mol. The smallest absolute Gasteiger partial charge is 0.129 e. The molecule has 4 heteroatoms. The minimum absolute atomic E-state index is 0.0204. The van der Waals surface area contributed by atoms with Crippen molar-refractivity contribution >= 4 is 0 Å². The largest absolute Gasteiger partial charge is 0.312 e. The Morgan fingerprint density at radius 1 is 1.19 bits per heavy atom. The molecule has 0 radical (unpaired) electrons. The molecule has 0 aromatic heterocycles. The van der Waals surface area contributed by atoms with E-state index in [2.05, 4.69) is 24.1 Å². The van der Waals surface area contributed by atoms with E-state index in [1.165, 1.54) is 31.0 Å². The molecule has 1 aliphatic heterocycles. The molecule has 0 bridgehead atoms. The molecule has 0 amide bonds. The van der Waals surface area contributed by atoms with Crippen molar-refractivity contribution < 1.29 is 8.78 Å². The van der Waals surface area contributed by atoms with Gasteiger partial charge in [0.05, 0.1) is 0 Å². The highest BCUT2D eigenvalue weighted by atomic mass is 19.1. The standard InChI is InChI=1S/C17H26F2N2/c1-4-20-16(17(2,3)21-10-5-6-11-21)12-13-14(18)8-7-9-15(13)19/h7-9,16,20H,4-6,10-12H2,1-3H3. The van der Waals surface area contributed by atoms with Crippen LogP contribution in [0.25, 0.3) is 0 Å². The molecule has 2 rings (SSSR count). The lowest BCUT2D eigenvalue weighted by Crippen LogP contribution is -2.58. The van der Waals surface area contributed by atoms with Gasteiger partial charge in [-0.05, 0) is 64.9 Å². The summed E-state index contributed by atoms with van der Waals surface area (Å²) in [5.41, 5.74) is 0.0667. The first-order valence-corrected chi connectivity index (χ1v) is 7.88. The van der Waals surface area contributed by atoms with Crippen molar-refractivity contribution in [3.05, 3.63) is 35.4 Å². The molecule has 0 saturated carbocycles. The van der Waals surface area contributed by atoms with Gasteiger partial charge in [-0.2, -0.15) is 0 Å². The average molecular weight is 296 g/mol. The highest BCUT2D eigenvalue weighted by molar-refractivity contribution is 5.22. The Labute approximate surface area is 126 Å². The topological polar surface area (TPSA) is 15.3 Å². The van der Waals surface area contributed by atoms with Crippen molar-refractivity contribution in [3.63, 3.8) is 0 Å². The van der Waals surface area contributed by atoms with Gasteiger partial charge in [-0.3, -0.25) is 4.90 Å². The van der Waals surface area contributed by atoms with Crippen LogP contribution in [0.5, 0.6) is 0 Å². The third kappa shape index (κ3) is 3.61. The Morgan fingerprint density at radius 3 is 2.29 bits per heavy atom. The van der Waals surface area contributed by atoms with Crippen LogP contribution >= 0.6 is 0 Å². The van der Waals surface area contributed by atoms with Crippen molar-refractivity contribution in [1.29, 1.82) is 0 Å². The minimum Gasteiger partial charge on any atom is -0.312 e. The van der Waals surface area contributed by atoms with E-state index in [9.17, 15) is 8.78 Å². The second-order valence-electron chi connectivity index (χ2n) is 6.36. The highest BCUT2D eigenvalue weighted by Crippen LogP contribution is 2.27. The second-order valence-corrected chi connectivity index (χ2v) is 6.36. The molecule has 1 saturated heterocycles. The quantitative estimate of drug-likeness (QED) is 0.866. The molecule has 0 aliphatic carbocycles. The molecule has 118 valence electrons. The van der Waals surface area contributed by atoms with Crippen molar-refractivity contribution in [2.75, 3.05) is 19.6 Å². The third-order valence-corrected chi connectivity index (χ3v) is 4.69. The van der Waals surface area contributed by atoms with Crippen molar-refractivity contribution in [2.45, 2.75) is 51.6 Å². The summed E-state index contributed by atoms with van der Waals surface area (Å²) < 4.78 is 27.9. The zero-order valence-electron chi connectivity index (χ0n) is 13.3. The minimum atomic E-state index is -0.449. The van der Waals surface area contributed by atoms with Gasteiger partial charge in [-0.25, -0.2) is 8.78 Å². The fourth-order valence-electron chi connectivity index (χ4n) is 3.26. The molecule has 1 aromatic rings. The lowest BCUT2D eigenvalue weighted by molar-refractivity contribution is 0.106. The number of hydrogen-bond donors (Lipinski definition) is 1. The molecule has 1 heterocycles. The van der Waals surface area contributed by atoms with Gasteiger partial charge in [0.25, 0.3) is 0 Å². The summed E-state index contributed by atoms with van der Waals surface area (Å²) in [4.78, 5) is 2.43.